The minimum absolute atomic E-state index is 0.286. The molecule has 0 rings (SSSR count). The first-order chi connectivity index (χ1) is 4.54. The molecule has 1 atom stereocenters. The summed E-state index contributed by atoms with van der Waals surface area (Å²) in [6.45, 7) is 3.67. The summed E-state index contributed by atoms with van der Waals surface area (Å²) < 4.78 is 0. The SMILES string of the molecule is C/C(=C\CC(C)S)C(N)=O. The fraction of sp³-hybridized carbons (Fsp3) is 0.571. The van der Waals surface area contributed by atoms with Crippen molar-refractivity contribution in [1.82, 2.24) is 0 Å². The van der Waals surface area contributed by atoms with Gasteiger partial charge in [-0.25, -0.2) is 0 Å². The van der Waals surface area contributed by atoms with Crippen molar-refractivity contribution in [2.45, 2.75) is 25.5 Å². The van der Waals surface area contributed by atoms with Crippen molar-refractivity contribution in [1.29, 1.82) is 0 Å². The Labute approximate surface area is 66.9 Å². The van der Waals surface area contributed by atoms with E-state index in [-0.39, 0.29) is 11.2 Å². The van der Waals surface area contributed by atoms with Crippen LogP contribution < -0.4 is 5.73 Å². The van der Waals surface area contributed by atoms with Gasteiger partial charge in [-0.2, -0.15) is 12.6 Å². The molecule has 0 aliphatic carbocycles. The van der Waals surface area contributed by atoms with Crippen LogP contribution in [0.4, 0.5) is 0 Å². The average Bonchev–Trinajstić information content (AvgIpc) is 1.82. The summed E-state index contributed by atoms with van der Waals surface area (Å²) in [7, 11) is 0. The quantitative estimate of drug-likeness (QED) is 0.470. The van der Waals surface area contributed by atoms with Crippen LogP contribution in [-0.4, -0.2) is 11.2 Å². The highest BCUT2D eigenvalue weighted by Crippen LogP contribution is 2.02. The van der Waals surface area contributed by atoms with Gasteiger partial charge in [-0.15, -0.1) is 0 Å². The maximum Gasteiger partial charge on any atom is 0.244 e. The number of amides is 1. The Kier molecular flexibility index (Phi) is 4.19. The van der Waals surface area contributed by atoms with Gasteiger partial charge in [0.05, 0.1) is 0 Å². The zero-order valence-electron chi connectivity index (χ0n) is 6.29. The molecule has 2 nitrogen and oxygen atoms in total. The lowest BCUT2D eigenvalue weighted by atomic mass is 10.2. The van der Waals surface area contributed by atoms with E-state index in [2.05, 4.69) is 12.6 Å². The largest absolute Gasteiger partial charge is 0.366 e. The Morgan fingerprint density at radius 1 is 1.80 bits per heavy atom. The van der Waals surface area contributed by atoms with E-state index in [4.69, 9.17) is 5.73 Å². The molecular weight excluding hydrogens is 146 g/mol. The number of carbonyl (C=O) groups excluding carboxylic acids is 1. The van der Waals surface area contributed by atoms with E-state index in [0.29, 0.717) is 5.57 Å². The summed E-state index contributed by atoms with van der Waals surface area (Å²) in [5.74, 6) is -0.353. The molecule has 10 heavy (non-hydrogen) atoms. The van der Waals surface area contributed by atoms with Gasteiger partial charge in [0.25, 0.3) is 0 Å². The number of primary amides is 1. The molecule has 1 unspecified atom stereocenters. The van der Waals surface area contributed by atoms with E-state index < -0.39 is 0 Å². The molecule has 58 valence electrons. The van der Waals surface area contributed by atoms with Gasteiger partial charge in [0.2, 0.25) is 5.91 Å². The normalized spacial score (nSPS) is 14.9. The third-order valence-corrected chi connectivity index (χ3v) is 1.36. The van der Waals surface area contributed by atoms with Gasteiger partial charge in [-0.05, 0) is 13.3 Å². The molecule has 0 spiro atoms. The van der Waals surface area contributed by atoms with Crippen LogP contribution in [0.25, 0.3) is 0 Å². The van der Waals surface area contributed by atoms with Crippen LogP contribution in [0.3, 0.4) is 0 Å². The Morgan fingerprint density at radius 2 is 2.30 bits per heavy atom. The van der Waals surface area contributed by atoms with Crippen LogP contribution in [-0.2, 0) is 4.79 Å². The van der Waals surface area contributed by atoms with E-state index >= 15 is 0 Å². The lowest BCUT2D eigenvalue weighted by Gasteiger charge is -1.97. The molecule has 0 aliphatic heterocycles. The molecule has 2 N–H and O–H groups in total. The fourth-order valence-electron chi connectivity index (χ4n) is 0.448. The van der Waals surface area contributed by atoms with Crippen molar-refractivity contribution in [3.63, 3.8) is 0 Å². The summed E-state index contributed by atoms with van der Waals surface area (Å²) in [6, 6.07) is 0. The first kappa shape index (κ1) is 9.56. The van der Waals surface area contributed by atoms with Crippen LogP contribution in [0.2, 0.25) is 0 Å². The molecule has 0 aromatic rings. The molecule has 0 saturated heterocycles. The summed E-state index contributed by atoms with van der Waals surface area (Å²) in [5.41, 5.74) is 5.60. The third-order valence-electron chi connectivity index (χ3n) is 1.15. The van der Waals surface area contributed by atoms with Crippen LogP contribution in [0, 0.1) is 0 Å². The Morgan fingerprint density at radius 3 is 2.60 bits per heavy atom. The maximum atomic E-state index is 10.4. The van der Waals surface area contributed by atoms with Crippen LogP contribution >= 0.6 is 12.6 Å². The molecule has 0 bridgehead atoms. The zero-order valence-corrected chi connectivity index (χ0v) is 7.19. The topological polar surface area (TPSA) is 43.1 Å². The second-order valence-corrected chi connectivity index (χ2v) is 3.22. The zero-order chi connectivity index (χ0) is 8.15. The van der Waals surface area contributed by atoms with Gasteiger partial charge in [0.1, 0.15) is 0 Å². The Balaban J connectivity index is 3.81. The monoisotopic (exact) mass is 159 g/mol. The van der Waals surface area contributed by atoms with Gasteiger partial charge in [0, 0.05) is 10.8 Å². The predicted molar refractivity (Wildman–Crippen MR) is 46.0 cm³/mol. The molecule has 1 amide bonds. The Bertz CT molecular complexity index is 152. The van der Waals surface area contributed by atoms with Gasteiger partial charge >= 0.3 is 0 Å². The molecule has 0 radical (unpaired) electrons. The minimum atomic E-state index is -0.353. The maximum absolute atomic E-state index is 10.4. The van der Waals surface area contributed by atoms with E-state index in [0.717, 1.165) is 6.42 Å². The number of nitrogens with two attached hydrogens (primary N) is 1. The van der Waals surface area contributed by atoms with Gasteiger partial charge in [-0.1, -0.05) is 13.0 Å². The van der Waals surface area contributed by atoms with Gasteiger partial charge in [-0.3, -0.25) is 4.79 Å². The standard InChI is InChI=1S/C7H13NOS/c1-5(7(8)9)3-4-6(2)10/h3,6,10H,4H2,1-2H3,(H2,8,9)/b5-3+. The van der Waals surface area contributed by atoms with Crippen LogP contribution in [0.15, 0.2) is 11.6 Å². The highest BCUT2D eigenvalue weighted by molar-refractivity contribution is 7.80. The predicted octanol–water partition coefficient (Wildman–Crippen LogP) is 1.13. The van der Waals surface area contributed by atoms with E-state index in [1.807, 2.05) is 6.92 Å². The average molecular weight is 159 g/mol. The second-order valence-electron chi connectivity index (χ2n) is 2.34. The number of hydrogen-bond acceptors (Lipinski definition) is 2. The van der Waals surface area contributed by atoms with Crippen molar-refractivity contribution in [2.75, 3.05) is 0 Å². The van der Waals surface area contributed by atoms with Gasteiger partial charge in [0.15, 0.2) is 0 Å². The minimum Gasteiger partial charge on any atom is -0.366 e. The number of allylic oxidation sites excluding steroid dienone is 1. The van der Waals surface area contributed by atoms with E-state index in [1.54, 1.807) is 13.0 Å². The third kappa shape index (κ3) is 4.44. The summed E-state index contributed by atoms with van der Waals surface area (Å²) in [6.07, 6.45) is 2.60. The summed E-state index contributed by atoms with van der Waals surface area (Å²) in [5, 5.41) is 0.286. The second kappa shape index (κ2) is 4.39. The smallest absolute Gasteiger partial charge is 0.244 e. The molecule has 0 heterocycles. The van der Waals surface area contributed by atoms with Crippen molar-refractivity contribution in [2.24, 2.45) is 5.73 Å². The van der Waals surface area contributed by atoms with Crippen molar-refractivity contribution in [3.05, 3.63) is 11.6 Å². The molecular formula is C7H13NOS. The first-order valence-corrected chi connectivity index (χ1v) is 3.70. The summed E-state index contributed by atoms with van der Waals surface area (Å²) in [4.78, 5) is 10.4. The Hall–Kier alpha value is -0.440. The van der Waals surface area contributed by atoms with Crippen LogP contribution in [0.5, 0.6) is 0 Å². The lowest BCUT2D eigenvalue weighted by Crippen LogP contribution is -2.11. The van der Waals surface area contributed by atoms with E-state index in [9.17, 15) is 4.79 Å². The molecule has 3 heteroatoms. The number of rotatable bonds is 3. The molecule has 0 fully saturated rings. The van der Waals surface area contributed by atoms with Crippen molar-refractivity contribution in [3.8, 4) is 0 Å². The summed E-state index contributed by atoms with van der Waals surface area (Å²) >= 11 is 4.14. The lowest BCUT2D eigenvalue weighted by molar-refractivity contribution is -0.114. The molecule has 0 saturated carbocycles. The fourth-order valence-corrected chi connectivity index (χ4v) is 0.553. The number of carbonyl (C=O) groups is 1. The van der Waals surface area contributed by atoms with Crippen molar-refractivity contribution >= 4 is 18.5 Å². The number of thiol groups is 1. The number of hydrogen-bond donors (Lipinski definition) is 2. The first-order valence-electron chi connectivity index (χ1n) is 3.18. The highest BCUT2D eigenvalue weighted by Gasteiger charge is 1.96. The molecule has 0 aliphatic rings. The highest BCUT2D eigenvalue weighted by atomic mass is 32.1. The molecule has 0 aromatic carbocycles. The van der Waals surface area contributed by atoms with E-state index in [1.165, 1.54) is 0 Å². The van der Waals surface area contributed by atoms with Crippen LogP contribution in [0.1, 0.15) is 20.3 Å². The van der Waals surface area contributed by atoms with Crippen molar-refractivity contribution < 1.29 is 4.79 Å². The molecule has 0 aromatic heterocycles. The van der Waals surface area contributed by atoms with Gasteiger partial charge < -0.3 is 5.73 Å².